The summed E-state index contributed by atoms with van der Waals surface area (Å²) < 4.78 is 4.24. The molecule has 2 aromatic rings. The maximum absolute atomic E-state index is 9.14. The summed E-state index contributed by atoms with van der Waals surface area (Å²) in [7, 11) is 0. The summed E-state index contributed by atoms with van der Waals surface area (Å²) in [5.41, 5.74) is 1.49. The molecule has 0 fully saturated rings. The number of rotatable bonds is 5. The molecule has 0 amide bonds. The molecule has 18 heavy (non-hydrogen) atoms. The van der Waals surface area contributed by atoms with Crippen molar-refractivity contribution in [3.05, 3.63) is 33.6 Å². The summed E-state index contributed by atoms with van der Waals surface area (Å²) in [5, 5.41) is 15.6. The Bertz CT molecular complexity index is 537. The lowest BCUT2D eigenvalue weighted by Crippen LogP contribution is -2.08. The Labute approximate surface area is 115 Å². The molecular formula is C13H15N3S2. The van der Waals surface area contributed by atoms with Crippen molar-refractivity contribution in [2.45, 2.75) is 32.7 Å². The highest BCUT2D eigenvalue weighted by atomic mass is 32.1. The van der Waals surface area contributed by atoms with E-state index < -0.39 is 0 Å². The van der Waals surface area contributed by atoms with Crippen molar-refractivity contribution in [1.29, 1.82) is 5.26 Å². The van der Waals surface area contributed by atoms with Crippen LogP contribution in [0.1, 0.15) is 41.9 Å². The van der Waals surface area contributed by atoms with Gasteiger partial charge in [-0.15, -0.1) is 11.3 Å². The van der Waals surface area contributed by atoms with Crippen LogP contribution in [-0.2, 0) is 0 Å². The number of hydrogen-bond donors (Lipinski definition) is 1. The van der Waals surface area contributed by atoms with E-state index in [0.29, 0.717) is 5.56 Å². The first kappa shape index (κ1) is 13.1. The summed E-state index contributed by atoms with van der Waals surface area (Å²) in [4.78, 5) is 1.31. The van der Waals surface area contributed by atoms with E-state index in [1.165, 1.54) is 16.4 Å². The third-order valence-electron chi connectivity index (χ3n) is 2.74. The minimum absolute atomic E-state index is 0.280. The molecule has 0 saturated heterocycles. The van der Waals surface area contributed by atoms with E-state index in [2.05, 4.69) is 40.2 Å². The smallest absolute Gasteiger partial charge is 0.128 e. The largest absolute Gasteiger partial charge is 0.367 e. The second-order valence-corrected chi connectivity index (χ2v) is 5.84. The second kappa shape index (κ2) is 5.98. The molecule has 1 N–H and O–H groups in total. The van der Waals surface area contributed by atoms with Gasteiger partial charge in [0.25, 0.3) is 0 Å². The highest BCUT2D eigenvalue weighted by molar-refractivity contribution is 7.11. The Morgan fingerprint density at radius 2 is 2.39 bits per heavy atom. The molecule has 0 aliphatic heterocycles. The van der Waals surface area contributed by atoms with Crippen LogP contribution in [0.2, 0.25) is 0 Å². The molecule has 0 aliphatic carbocycles. The van der Waals surface area contributed by atoms with E-state index in [0.717, 1.165) is 23.5 Å². The van der Waals surface area contributed by atoms with E-state index in [9.17, 15) is 0 Å². The fourth-order valence-electron chi connectivity index (χ4n) is 1.82. The van der Waals surface area contributed by atoms with Crippen molar-refractivity contribution >= 4 is 27.9 Å². The average Bonchev–Trinajstić information content (AvgIpc) is 2.98. The lowest BCUT2D eigenvalue weighted by Gasteiger charge is -2.16. The van der Waals surface area contributed by atoms with Gasteiger partial charge in [0, 0.05) is 4.88 Å². The highest BCUT2D eigenvalue weighted by Gasteiger charge is 2.16. The third-order valence-corrected chi connectivity index (χ3v) is 4.60. The third kappa shape index (κ3) is 2.71. The average molecular weight is 277 g/mol. The number of anilines is 1. The van der Waals surface area contributed by atoms with Crippen molar-refractivity contribution in [3.8, 4) is 6.07 Å². The zero-order chi connectivity index (χ0) is 13.0. The molecule has 1 unspecified atom stereocenters. The lowest BCUT2D eigenvalue weighted by atomic mass is 10.1. The van der Waals surface area contributed by atoms with Gasteiger partial charge in [0.15, 0.2) is 0 Å². The molecule has 0 aliphatic rings. The molecule has 0 bridgehead atoms. The number of nitrogens with zero attached hydrogens (tertiary/aromatic N) is 2. The first-order valence-electron chi connectivity index (χ1n) is 5.92. The molecule has 94 valence electrons. The van der Waals surface area contributed by atoms with Gasteiger partial charge >= 0.3 is 0 Å². The minimum Gasteiger partial charge on any atom is -0.367 e. The number of nitriles is 1. The summed E-state index contributed by atoms with van der Waals surface area (Å²) in [6, 6.07) is 6.70. The molecule has 1 atom stereocenters. The van der Waals surface area contributed by atoms with Crippen LogP contribution in [0.5, 0.6) is 0 Å². The van der Waals surface area contributed by atoms with Crippen LogP contribution >= 0.6 is 22.9 Å². The van der Waals surface area contributed by atoms with Gasteiger partial charge in [0.05, 0.1) is 11.7 Å². The van der Waals surface area contributed by atoms with Crippen LogP contribution in [-0.4, -0.2) is 4.37 Å². The normalized spacial score (nSPS) is 12.1. The van der Waals surface area contributed by atoms with E-state index in [1.54, 1.807) is 11.3 Å². The van der Waals surface area contributed by atoms with E-state index in [1.807, 2.05) is 6.92 Å². The van der Waals surface area contributed by atoms with E-state index in [-0.39, 0.29) is 6.04 Å². The van der Waals surface area contributed by atoms with Gasteiger partial charge in [-0.05, 0) is 36.3 Å². The number of aryl methyl sites for hydroxylation is 1. The van der Waals surface area contributed by atoms with Gasteiger partial charge in [-0.25, -0.2) is 0 Å². The molecule has 2 rings (SSSR count). The topological polar surface area (TPSA) is 48.7 Å². The zero-order valence-corrected chi connectivity index (χ0v) is 12.1. The first-order valence-corrected chi connectivity index (χ1v) is 7.57. The molecule has 0 spiro atoms. The second-order valence-electron chi connectivity index (χ2n) is 4.08. The highest BCUT2D eigenvalue weighted by Crippen LogP contribution is 2.31. The molecule has 3 nitrogen and oxygen atoms in total. The Morgan fingerprint density at radius 3 is 3.00 bits per heavy atom. The zero-order valence-electron chi connectivity index (χ0n) is 10.4. The van der Waals surface area contributed by atoms with Crippen LogP contribution in [0.4, 0.5) is 5.00 Å². The van der Waals surface area contributed by atoms with Gasteiger partial charge in [-0.3, -0.25) is 0 Å². The lowest BCUT2D eigenvalue weighted by molar-refractivity contribution is 0.689. The summed E-state index contributed by atoms with van der Waals surface area (Å²) in [5.74, 6) is 0. The molecule has 0 saturated carbocycles. The predicted molar refractivity (Wildman–Crippen MR) is 77.2 cm³/mol. The van der Waals surface area contributed by atoms with Crippen molar-refractivity contribution in [1.82, 2.24) is 4.37 Å². The Kier molecular flexibility index (Phi) is 4.34. The minimum atomic E-state index is 0.280. The van der Waals surface area contributed by atoms with Crippen molar-refractivity contribution in [2.24, 2.45) is 0 Å². The van der Waals surface area contributed by atoms with Crippen molar-refractivity contribution < 1.29 is 0 Å². The summed E-state index contributed by atoms with van der Waals surface area (Å²) in [6.07, 6.45) is 2.16. The predicted octanol–water partition coefficient (Wildman–Crippen LogP) is 4.34. The molecule has 0 aromatic carbocycles. The number of nitrogens with one attached hydrogen (secondary N) is 1. The molecule has 0 radical (unpaired) electrons. The Morgan fingerprint density at radius 1 is 1.56 bits per heavy atom. The summed E-state index contributed by atoms with van der Waals surface area (Å²) in [6.45, 7) is 4.05. The summed E-state index contributed by atoms with van der Waals surface area (Å²) >= 11 is 3.12. The van der Waals surface area contributed by atoms with E-state index >= 15 is 0 Å². The molecule has 2 heterocycles. The fourth-order valence-corrected chi connectivity index (χ4v) is 3.43. The maximum atomic E-state index is 9.14. The van der Waals surface area contributed by atoms with Gasteiger partial charge in [-0.1, -0.05) is 19.4 Å². The quantitative estimate of drug-likeness (QED) is 0.884. The van der Waals surface area contributed by atoms with Gasteiger partial charge in [-0.2, -0.15) is 9.64 Å². The van der Waals surface area contributed by atoms with Crippen LogP contribution in [0.15, 0.2) is 17.5 Å². The Balaban J connectivity index is 2.22. The van der Waals surface area contributed by atoms with Crippen LogP contribution in [0.3, 0.4) is 0 Å². The van der Waals surface area contributed by atoms with Crippen molar-refractivity contribution in [2.75, 3.05) is 5.32 Å². The van der Waals surface area contributed by atoms with E-state index in [4.69, 9.17) is 5.26 Å². The van der Waals surface area contributed by atoms with Crippen LogP contribution in [0.25, 0.3) is 0 Å². The van der Waals surface area contributed by atoms with Crippen molar-refractivity contribution in [3.63, 3.8) is 0 Å². The number of aromatic nitrogens is 1. The van der Waals surface area contributed by atoms with Gasteiger partial charge < -0.3 is 5.32 Å². The molecule has 2 aromatic heterocycles. The molecule has 5 heteroatoms. The molecular weight excluding hydrogens is 262 g/mol. The number of thiophene rings is 1. The van der Waals surface area contributed by atoms with Crippen LogP contribution < -0.4 is 5.32 Å². The standard InChI is InChI=1S/C13H15N3S2/c1-3-5-11(12-6-4-7-17-12)15-13-10(8-14)9(2)16-18-13/h4,6-7,11,15H,3,5H2,1-2H3. The van der Waals surface area contributed by atoms with Crippen LogP contribution in [0, 0.1) is 18.3 Å². The SMILES string of the molecule is CCCC(Nc1snc(C)c1C#N)c1cccs1. The first-order chi connectivity index (χ1) is 8.76. The van der Waals surface area contributed by atoms with Gasteiger partial charge in [0.2, 0.25) is 0 Å². The fraction of sp³-hybridized carbons (Fsp3) is 0.385. The maximum Gasteiger partial charge on any atom is 0.128 e. The van der Waals surface area contributed by atoms with Gasteiger partial charge in [0.1, 0.15) is 16.6 Å². The monoisotopic (exact) mass is 277 g/mol. The number of hydrogen-bond acceptors (Lipinski definition) is 5. The Hall–Kier alpha value is -1.38.